The summed E-state index contributed by atoms with van der Waals surface area (Å²) in [6.45, 7) is 0.309. The van der Waals surface area contributed by atoms with Gasteiger partial charge in [0.1, 0.15) is 5.75 Å². The molecule has 8 heteroatoms. The Bertz CT molecular complexity index is 1550. The fraction of sp³-hybridized carbons (Fsp3) is 0.0800. The molecule has 5 aromatic rings. The first-order valence-corrected chi connectivity index (χ1v) is 10.6. The molecule has 1 amide bonds. The number of amides is 1. The fourth-order valence-corrected chi connectivity index (χ4v) is 3.93. The van der Waals surface area contributed by atoms with Gasteiger partial charge in [0.05, 0.1) is 29.2 Å². The molecule has 0 unspecified atom stereocenters. The highest BCUT2D eigenvalue weighted by atomic mass is 35.5. The third kappa shape index (κ3) is 3.83. The van der Waals surface area contributed by atoms with Crippen molar-refractivity contribution >= 4 is 39.3 Å². The summed E-state index contributed by atoms with van der Waals surface area (Å²) in [5.41, 5.74) is 3.02. The summed E-state index contributed by atoms with van der Waals surface area (Å²) in [6.07, 6.45) is 1.55. The summed E-state index contributed by atoms with van der Waals surface area (Å²) in [5, 5.41) is 7.77. The third-order valence-electron chi connectivity index (χ3n) is 5.52. The summed E-state index contributed by atoms with van der Waals surface area (Å²) in [7, 11) is 1.59. The number of rotatable bonds is 5. The lowest BCUT2D eigenvalue weighted by molar-refractivity contribution is 0.0951. The van der Waals surface area contributed by atoms with Crippen molar-refractivity contribution in [3.05, 3.63) is 99.4 Å². The topological polar surface area (TPSA) is 89.0 Å². The minimum absolute atomic E-state index is 0.224. The number of H-pyrrole nitrogens is 1. The van der Waals surface area contributed by atoms with Crippen LogP contribution in [0.25, 0.3) is 27.5 Å². The largest absolute Gasteiger partial charge is 0.497 e. The van der Waals surface area contributed by atoms with Gasteiger partial charge in [-0.05, 0) is 54.1 Å². The van der Waals surface area contributed by atoms with Gasteiger partial charge in [-0.25, -0.2) is 4.68 Å². The molecule has 0 bridgehead atoms. The highest BCUT2D eigenvalue weighted by molar-refractivity contribution is 6.31. The zero-order valence-electron chi connectivity index (χ0n) is 17.6. The molecule has 0 saturated carbocycles. The van der Waals surface area contributed by atoms with Gasteiger partial charge in [-0.15, -0.1) is 0 Å². The number of aromatic amines is 1. The van der Waals surface area contributed by atoms with Crippen molar-refractivity contribution in [2.45, 2.75) is 6.54 Å². The Morgan fingerprint density at radius 2 is 1.88 bits per heavy atom. The number of benzene rings is 3. The monoisotopic (exact) mass is 458 g/mol. The second-order valence-corrected chi connectivity index (χ2v) is 7.91. The van der Waals surface area contributed by atoms with Gasteiger partial charge in [0, 0.05) is 28.7 Å². The van der Waals surface area contributed by atoms with Crippen LogP contribution in [0.3, 0.4) is 0 Å². The molecule has 0 aliphatic carbocycles. The molecule has 0 spiro atoms. The maximum atomic E-state index is 13.0. The van der Waals surface area contributed by atoms with Crippen LogP contribution in [0.15, 0.2) is 77.7 Å². The van der Waals surface area contributed by atoms with Crippen molar-refractivity contribution < 1.29 is 9.53 Å². The number of nitrogens with zero attached hydrogens (tertiary/aromatic N) is 2. The van der Waals surface area contributed by atoms with Crippen molar-refractivity contribution in [2.75, 3.05) is 7.11 Å². The molecular weight excluding hydrogens is 440 g/mol. The van der Waals surface area contributed by atoms with E-state index in [1.165, 1.54) is 4.68 Å². The van der Waals surface area contributed by atoms with E-state index < -0.39 is 0 Å². The van der Waals surface area contributed by atoms with Gasteiger partial charge < -0.3 is 10.1 Å². The molecule has 0 saturated heterocycles. The first-order chi connectivity index (χ1) is 16.0. The Morgan fingerprint density at radius 3 is 2.64 bits per heavy atom. The molecule has 33 heavy (non-hydrogen) atoms. The van der Waals surface area contributed by atoms with Gasteiger partial charge in [0.25, 0.3) is 11.5 Å². The minimum Gasteiger partial charge on any atom is -0.497 e. The fourth-order valence-electron chi connectivity index (χ4n) is 3.73. The number of nitrogens with one attached hydrogen (secondary N) is 2. The molecule has 3 aromatic carbocycles. The quantitative estimate of drug-likeness (QED) is 0.407. The molecule has 0 aliphatic heterocycles. The molecule has 2 heterocycles. The number of aromatic nitrogens is 3. The van der Waals surface area contributed by atoms with Crippen molar-refractivity contribution in [3.63, 3.8) is 0 Å². The van der Waals surface area contributed by atoms with Crippen LogP contribution in [0, 0.1) is 0 Å². The standard InChI is InChI=1S/C25H19ClN4O3/c1-33-18-9-7-17(8-10-18)30-25(32)20-14-27-22-11-6-15(12-19(22)23(20)29-30)24(31)28-13-16-4-2-3-5-21(16)26/h2-12,14,29H,13H2,1H3,(H,28,31). The van der Waals surface area contributed by atoms with Crippen molar-refractivity contribution in [1.82, 2.24) is 20.1 Å². The molecule has 0 atom stereocenters. The van der Waals surface area contributed by atoms with E-state index in [9.17, 15) is 9.59 Å². The van der Waals surface area contributed by atoms with Crippen LogP contribution in [0.5, 0.6) is 5.75 Å². The van der Waals surface area contributed by atoms with Gasteiger partial charge in [-0.3, -0.25) is 19.7 Å². The number of ether oxygens (including phenoxy) is 1. The van der Waals surface area contributed by atoms with Crippen LogP contribution < -0.4 is 15.6 Å². The van der Waals surface area contributed by atoms with Crippen LogP contribution in [0.4, 0.5) is 0 Å². The molecule has 5 rings (SSSR count). The SMILES string of the molecule is COc1ccc(-n2[nH]c3c(cnc4ccc(C(=O)NCc5ccccc5Cl)cc43)c2=O)cc1. The number of fused-ring (bicyclic) bond motifs is 3. The molecule has 0 radical (unpaired) electrons. The summed E-state index contributed by atoms with van der Waals surface area (Å²) < 4.78 is 6.64. The van der Waals surface area contributed by atoms with Crippen molar-refractivity contribution in [1.29, 1.82) is 0 Å². The number of hydrogen-bond acceptors (Lipinski definition) is 4. The Hall–Kier alpha value is -4.10. The van der Waals surface area contributed by atoms with Crippen LogP contribution in [0.1, 0.15) is 15.9 Å². The average Bonchev–Trinajstić information content (AvgIpc) is 3.20. The second kappa shape index (κ2) is 8.44. The Kier molecular flexibility index (Phi) is 5.32. The predicted octanol–water partition coefficient (Wildman–Crippen LogP) is 4.46. The number of methoxy groups -OCH3 is 1. The van der Waals surface area contributed by atoms with Gasteiger partial charge in [-0.1, -0.05) is 29.8 Å². The smallest absolute Gasteiger partial charge is 0.280 e. The Morgan fingerprint density at radius 1 is 1.09 bits per heavy atom. The maximum absolute atomic E-state index is 13.0. The lowest BCUT2D eigenvalue weighted by atomic mass is 10.1. The highest BCUT2D eigenvalue weighted by Gasteiger charge is 2.14. The molecule has 0 aliphatic rings. The molecule has 7 nitrogen and oxygen atoms in total. The Balaban J connectivity index is 1.52. The van der Waals surface area contributed by atoms with Gasteiger partial charge in [-0.2, -0.15) is 0 Å². The van der Waals surface area contributed by atoms with E-state index in [-0.39, 0.29) is 11.5 Å². The summed E-state index contributed by atoms with van der Waals surface area (Å²) in [5.74, 6) is 0.452. The molecular formula is C25H19ClN4O3. The van der Waals surface area contributed by atoms with E-state index in [0.29, 0.717) is 50.4 Å². The molecule has 2 aromatic heterocycles. The third-order valence-corrected chi connectivity index (χ3v) is 5.88. The summed E-state index contributed by atoms with van der Waals surface area (Å²) >= 11 is 6.18. The van der Waals surface area contributed by atoms with E-state index in [1.807, 2.05) is 18.2 Å². The lowest BCUT2D eigenvalue weighted by Gasteiger charge is -2.08. The van der Waals surface area contributed by atoms with Crippen LogP contribution in [-0.2, 0) is 6.54 Å². The first-order valence-electron chi connectivity index (χ1n) is 10.2. The first kappa shape index (κ1) is 20.8. The van der Waals surface area contributed by atoms with E-state index in [1.54, 1.807) is 61.8 Å². The predicted molar refractivity (Wildman–Crippen MR) is 128 cm³/mol. The number of carbonyl (C=O) groups excluding carboxylic acids is 1. The van der Waals surface area contributed by atoms with Crippen molar-refractivity contribution in [3.8, 4) is 11.4 Å². The number of pyridine rings is 1. The number of halogens is 1. The average molecular weight is 459 g/mol. The van der Waals surface area contributed by atoms with E-state index in [0.717, 1.165) is 5.56 Å². The van der Waals surface area contributed by atoms with Crippen LogP contribution >= 0.6 is 11.6 Å². The second-order valence-electron chi connectivity index (χ2n) is 7.50. The zero-order valence-corrected chi connectivity index (χ0v) is 18.4. The van der Waals surface area contributed by atoms with Crippen LogP contribution in [-0.4, -0.2) is 27.8 Å². The molecule has 2 N–H and O–H groups in total. The van der Waals surface area contributed by atoms with Crippen LogP contribution in [0.2, 0.25) is 5.02 Å². The number of carbonyl (C=O) groups is 1. The summed E-state index contributed by atoms with van der Waals surface area (Å²) in [6, 6.07) is 19.7. The molecule has 164 valence electrons. The summed E-state index contributed by atoms with van der Waals surface area (Å²) in [4.78, 5) is 30.2. The van der Waals surface area contributed by atoms with Gasteiger partial charge >= 0.3 is 0 Å². The van der Waals surface area contributed by atoms with Gasteiger partial charge in [0.2, 0.25) is 0 Å². The van der Waals surface area contributed by atoms with Gasteiger partial charge in [0.15, 0.2) is 0 Å². The lowest BCUT2D eigenvalue weighted by Crippen LogP contribution is -2.22. The zero-order chi connectivity index (χ0) is 22.9. The van der Waals surface area contributed by atoms with E-state index in [2.05, 4.69) is 15.4 Å². The number of hydrogen-bond donors (Lipinski definition) is 2. The Labute approximate surface area is 193 Å². The minimum atomic E-state index is -0.245. The van der Waals surface area contributed by atoms with E-state index >= 15 is 0 Å². The maximum Gasteiger partial charge on any atom is 0.280 e. The highest BCUT2D eigenvalue weighted by Crippen LogP contribution is 2.23. The van der Waals surface area contributed by atoms with Crippen molar-refractivity contribution in [2.24, 2.45) is 0 Å². The normalized spacial score (nSPS) is 11.1. The molecule has 0 fully saturated rings. The van der Waals surface area contributed by atoms with E-state index in [4.69, 9.17) is 16.3 Å².